The number of aromatic nitrogens is 1. The normalized spacial score (nSPS) is 20.5. The summed E-state index contributed by atoms with van der Waals surface area (Å²) in [5.74, 6) is 0.644. The first kappa shape index (κ1) is 19.6. The highest BCUT2D eigenvalue weighted by Gasteiger charge is 2.52. The average molecular weight is 418 g/mol. The van der Waals surface area contributed by atoms with Crippen molar-refractivity contribution in [2.75, 3.05) is 34.3 Å². The first-order valence-electron chi connectivity index (χ1n) is 10.5. The second-order valence-corrected chi connectivity index (χ2v) is 8.44. The van der Waals surface area contributed by atoms with E-state index in [9.17, 15) is 9.59 Å². The molecule has 7 nitrogen and oxygen atoms in total. The molecule has 0 aliphatic carbocycles. The minimum Gasteiger partial charge on any atom is -0.497 e. The van der Waals surface area contributed by atoms with Gasteiger partial charge in [-0.1, -0.05) is 30.3 Å². The monoisotopic (exact) mass is 418 g/mol. The minimum atomic E-state index is -0.492. The Morgan fingerprint density at radius 1 is 1.10 bits per heavy atom. The molecule has 0 unspecified atom stereocenters. The first-order valence-corrected chi connectivity index (χ1v) is 10.5. The van der Waals surface area contributed by atoms with Crippen molar-refractivity contribution in [2.24, 2.45) is 0 Å². The molecule has 2 aliphatic heterocycles. The van der Waals surface area contributed by atoms with E-state index in [1.807, 2.05) is 61.5 Å². The van der Waals surface area contributed by atoms with Crippen LogP contribution in [0.25, 0.3) is 10.9 Å². The lowest BCUT2D eigenvalue weighted by Crippen LogP contribution is -2.44. The third kappa shape index (κ3) is 3.08. The summed E-state index contributed by atoms with van der Waals surface area (Å²) >= 11 is 0. The van der Waals surface area contributed by atoms with E-state index in [1.54, 1.807) is 12.0 Å². The molecule has 0 bridgehead atoms. The standard InChI is InChI=1S/C24H26N4O3/c1-26(2)12-13-27-23(29)20-14-18-17-6-4-5-7-19(17)25-21(18)22(28(20)24(27)30)15-8-10-16(31-3)11-9-15/h4-11,20,22,25H,12-14H2,1-3H3/t20-,22+/m1/s1. The number of likely N-dealkylation sites (N-methyl/N-ethyl adjacent to an activating group) is 1. The highest BCUT2D eigenvalue weighted by Crippen LogP contribution is 2.44. The number of amides is 3. The average Bonchev–Trinajstić information content (AvgIpc) is 3.26. The molecule has 7 heteroatoms. The van der Waals surface area contributed by atoms with Crippen LogP contribution in [0.2, 0.25) is 0 Å². The van der Waals surface area contributed by atoms with Crippen LogP contribution in [0.4, 0.5) is 4.79 Å². The third-order valence-electron chi connectivity index (χ3n) is 6.34. The van der Waals surface area contributed by atoms with Crippen molar-refractivity contribution in [1.29, 1.82) is 0 Å². The Kier molecular flexibility index (Phi) is 4.70. The fraction of sp³-hybridized carbons (Fsp3) is 0.333. The Labute approximate surface area is 181 Å². The zero-order valence-corrected chi connectivity index (χ0v) is 18.0. The van der Waals surface area contributed by atoms with Crippen molar-refractivity contribution >= 4 is 22.8 Å². The Bertz CT molecular complexity index is 1150. The molecule has 3 amide bonds. The summed E-state index contributed by atoms with van der Waals surface area (Å²) in [7, 11) is 5.51. The summed E-state index contributed by atoms with van der Waals surface area (Å²) in [6.45, 7) is 1.03. The molecule has 5 rings (SSSR count). The number of aromatic amines is 1. The van der Waals surface area contributed by atoms with Crippen LogP contribution < -0.4 is 4.74 Å². The van der Waals surface area contributed by atoms with E-state index in [4.69, 9.17) is 4.74 Å². The molecule has 3 aromatic rings. The molecular formula is C24H26N4O3. The quantitative estimate of drug-likeness (QED) is 0.647. The highest BCUT2D eigenvalue weighted by atomic mass is 16.5. The van der Waals surface area contributed by atoms with Gasteiger partial charge in [-0.3, -0.25) is 14.6 Å². The Hall–Kier alpha value is -3.32. The van der Waals surface area contributed by atoms with Crippen LogP contribution in [0.15, 0.2) is 48.5 Å². The maximum absolute atomic E-state index is 13.5. The number of nitrogens with one attached hydrogen (secondary N) is 1. The Morgan fingerprint density at radius 2 is 1.84 bits per heavy atom. The van der Waals surface area contributed by atoms with E-state index in [2.05, 4.69) is 11.1 Å². The van der Waals surface area contributed by atoms with Gasteiger partial charge in [0.2, 0.25) is 0 Å². The summed E-state index contributed by atoms with van der Waals surface area (Å²) in [5.41, 5.74) is 4.08. The Balaban J connectivity index is 1.63. The number of benzene rings is 2. The second-order valence-electron chi connectivity index (χ2n) is 8.44. The molecule has 31 heavy (non-hydrogen) atoms. The van der Waals surface area contributed by atoms with Crippen LogP contribution in [0.5, 0.6) is 5.75 Å². The van der Waals surface area contributed by atoms with Crippen molar-refractivity contribution in [1.82, 2.24) is 19.7 Å². The van der Waals surface area contributed by atoms with Crippen molar-refractivity contribution in [2.45, 2.75) is 18.5 Å². The Morgan fingerprint density at radius 3 is 2.55 bits per heavy atom. The van der Waals surface area contributed by atoms with E-state index >= 15 is 0 Å². The zero-order chi connectivity index (χ0) is 21.7. The number of H-pyrrole nitrogens is 1. The molecule has 1 aromatic heterocycles. The molecular weight excluding hydrogens is 392 g/mol. The van der Waals surface area contributed by atoms with Gasteiger partial charge < -0.3 is 14.6 Å². The molecule has 1 N–H and O–H groups in total. The first-order chi connectivity index (χ1) is 15.0. The zero-order valence-electron chi connectivity index (χ0n) is 18.0. The van der Waals surface area contributed by atoms with Gasteiger partial charge in [-0.2, -0.15) is 0 Å². The summed E-state index contributed by atoms with van der Waals surface area (Å²) in [6.07, 6.45) is 0.523. The predicted octanol–water partition coefficient (Wildman–Crippen LogP) is 3.02. The van der Waals surface area contributed by atoms with Crippen LogP contribution in [-0.4, -0.2) is 72.0 Å². The van der Waals surface area contributed by atoms with E-state index in [0.717, 1.165) is 33.5 Å². The van der Waals surface area contributed by atoms with Gasteiger partial charge in [-0.15, -0.1) is 0 Å². The second kappa shape index (κ2) is 7.42. The highest BCUT2D eigenvalue weighted by molar-refractivity contribution is 6.05. The number of hydrogen-bond acceptors (Lipinski definition) is 4. The van der Waals surface area contributed by atoms with Crippen LogP contribution >= 0.6 is 0 Å². The van der Waals surface area contributed by atoms with Crippen molar-refractivity contribution in [3.63, 3.8) is 0 Å². The molecule has 1 saturated heterocycles. The number of urea groups is 1. The molecule has 2 aliphatic rings. The van der Waals surface area contributed by atoms with Gasteiger partial charge in [0, 0.05) is 36.1 Å². The lowest BCUT2D eigenvalue weighted by Gasteiger charge is -2.36. The number of rotatable bonds is 5. The fourth-order valence-corrected chi connectivity index (χ4v) is 4.77. The van der Waals surface area contributed by atoms with Crippen molar-refractivity contribution in [3.05, 3.63) is 65.4 Å². The summed E-state index contributed by atoms with van der Waals surface area (Å²) in [4.78, 5) is 35.5. The number of methoxy groups -OCH3 is 1. The van der Waals surface area contributed by atoms with Gasteiger partial charge in [-0.05, 0) is 43.4 Å². The number of imide groups is 1. The largest absolute Gasteiger partial charge is 0.497 e. The molecule has 1 fully saturated rings. The topological polar surface area (TPSA) is 68.9 Å². The SMILES string of the molecule is COc1ccc([C@H]2c3[nH]c4ccccc4c3C[C@@H]3C(=O)N(CCN(C)C)C(=O)N23)cc1. The summed E-state index contributed by atoms with van der Waals surface area (Å²) in [6, 6.07) is 14.8. The van der Waals surface area contributed by atoms with Gasteiger partial charge in [0.15, 0.2) is 0 Å². The van der Waals surface area contributed by atoms with E-state index < -0.39 is 6.04 Å². The molecule has 2 aromatic carbocycles. The van der Waals surface area contributed by atoms with Crippen LogP contribution in [0.3, 0.4) is 0 Å². The van der Waals surface area contributed by atoms with Crippen molar-refractivity contribution < 1.29 is 14.3 Å². The van der Waals surface area contributed by atoms with E-state index in [1.165, 1.54) is 4.90 Å². The molecule has 3 heterocycles. The fourth-order valence-electron chi connectivity index (χ4n) is 4.77. The number of carbonyl (C=O) groups is 2. The van der Waals surface area contributed by atoms with E-state index in [0.29, 0.717) is 19.5 Å². The van der Waals surface area contributed by atoms with Gasteiger partial charge in [0.1, 0.15) is 17.8 Å². The summed E-state index contributed by atoms with van der Waals surface area (Å²) in [5, 5.41) is 1.11. The number of fused-ring (bicyclic) bond motifs is 4. The summed E-state index contributed by atoms with van der Waals surface area (Å²) < 4.78 is 5.31. The number of para-hydroxylation sites is 1. The number of hydrogen-bond donors (Lipinski definition) is 1. The molecule has 0 radical (unpaired) electrons. The third-order valence-corrected chi connectivity index (χ3v) is 6.34. The number of nitrogens with zero attached hydrogens (tertiary/aromatic N) is 3. The van der Waals surface area contributed by atoms with Gasteiger partial charge in [-0.25, -0.2) is 4.79 Å². The molecule has 160 valence electrons. The van der Waals surface area contributed by atoms with Crippen LogP contribution in [-0.2, 0) is 11.2 Å². The van der Waals surface area contributed by atoms with Gasteiger partial charge in [0.25, 0.3) is 5.91 Å². The van der Waals surface area contributed by atoms with Gasteiger partial charge in [0.05, 0.1) is 7.11 Å². The predicted molar refractivity (Wildman–Crippen MR) is 118 cm³/mol. The lowest BCUT2D eigenvalue weighted by atomic mass is 9.89. The molecule has 0 spiro atoms. The van der Waals surface area contributed by atoms with Crippen LogP contribution in [0.1, 0.15) is 22.9 Å². The van der Waals surface area contributed by atoms with Gasteiger partial charge >= 0.3 is 6.03 Å². The smallest absolute Gasteiger partial charge is 0.328 e. The van der Waals surface area contributed by atoms with E-state index in [-0.39, 0.29) is 18.0 Å². The maximum atomic E-state index is 13.5. The number of ether oxygens (including phenoxy) is 1. The minimum absolute atomic E-state index is 0.110. The maximum Gasteiger partial charge on any atom is 0.328 e. The molecule has 0 saturated carbocycles. The lowest BCUT2D eigenvalue weighted by molar-refractivity contribution is -0.128. The molecule has 2 atom stereocenters. The van der Waals surface area contributed by atoms with Crippen molar-refractivity contribution in [3.8, 4) is 5.75 Å². The van der Waals surface area contributed by atoms with Crippen LogP contribution in [0, 0.1) is 0 Å². The number of carbonyl (C=O) groups excluding carboxylic acids is 2.